The van der Waals surface area contributed by atoms with Crippen LogP contribution < -0.4 is 15.4 Å². The number of anilines is 1. The summed E-state index contributed by atoms with van der Waals surface area (Å²) < 4.78 is 5.56. The Labute approximate surface area is 154 Å². The van der Waals surface area contributed by atoms with Crippen molar-refractivity contribution < 1.29 is 14.3 Å². The molecule has 0 aromatic heterocycles. The van der Waals surface area contributed by atoms with Gasteiger partial charge in [0.25, 0.3) is 5.91 Å². The first-order valence-corrected chi connectivity index (χ1v) is 8.82. The van der Waals surface area contributed by atoms with Gasteiger partial charge >= 0.3 is 0 Å². The summed E-state index contributed by atoms with van der Waals surface area (Å²) in [6.07, 6.45) is 0. The zero-order valence-corrected chi connectivity index (χ0v) is 15.8. The Morgan fingerprint density at radius 3 is 2.54 bits per heavy atom. The zero-order chi connectivity index (χ0) is 19.1. The lowest BCUT2D eigenvalue weighted by Crippen LogP contribution is -2.24. The van der Waals surface area contributed by atoms with Gasteiger partial charge in [-0.15, -0.1) is 0 Å². The van der Waals surface area contributed by atoms with E-state index in [0.717, 1.165) is 11.1 Å². The van der Waals surface area contributed by atoms with Gasteiger partial charge in [-0.3, -0.25) is 9.59 Å². The molecule has 0 heterocycles. The van der Waals surface area contributed by atoms with Crippen LogP contribution in [0, 0.1) is 12.8 Å². The molecular weight excluding hydrogens is 328 g/mol. The molecule has 5 nitrogen and oxygen atoms in total. The number of hydrogen-bond donors (Lipinski definition) is 2. The number of carbonyl (C=O) groups is 2. The van der Waals surface area contributed by atoms with Gasteiger partial charge in [-0.2, -0.15) is 0 Å². The number of rotatable bonds is 7. The van der Waals surface area contributed by atoms with Crippen molar-refractivity contribution in [2.45, 2.75) is 34.2 Å². The second-order valence-electron chi connectivity index (χ2n) is 6.46. The summed E-state index contributed by atoms with van der Waals surface area (Å²) in [7, 11) is 0. The highest BCUT2D eigenvalue weighted by atomic mass is 16.5. The fourth-order valence-corrected chi connectivity index (χ4v) is 2.45. The van der Waals surface area contributed by atoms with E-state index in [9.17, 15) is 9.59 Å². The maximum atomic E-state index is 12.7. The Morgan fingerprint density at radius 2 is 1.88 bits per heavy atom. The van der Waals surface area contributed by atoms with Crippen molar-refractivity contribution in [3.63, 3.8) is 0 Å². The minimum Gasteiger partial charge on any atom is -0.493 e. The summed E-state index contributed by atoms with van der Waals surface area (Å²) in [5.74, 6) is 0.0211. The summed E-state index contributed by atoms with van der Waals surface area (Å²) in [6.45, 7) is 8.39. The molecule has 2 rings (SSSR count). The molecule has 0 radical (unpaired) electrons. The molecule has 26 heavy (non-hydrogen) atoms. The molecule has 0 saturated carbocycles. The van der Waals surface area contributed by atoms with Gasteiger partial charge in [0.05, 0.1) is 12.2 Å². The van der Waals surface area contributed by atoms with E-state index in [2.05, 4.69) is 10.6 Å². The predicted octanol–water partition coefficient (Wildman–Crippen LogP) is 3.92. The maximum Gasteiger partial charge on any atom is 0.255 e. The lowest BCUT2D eigenvalue weighted by atomic mass is 10.1. The van der Waals surface area contributed by atoms with Crippen LogP contribution in [-0.2, 0) is 11.3 Å². The molecule has 0 bridgehead atoms. The van der Waals surface area contributed by atoms with E-state index in [0.29, 0.717) is 30.2 Å². The molecular formula is C21H26N2O3. The molecule has 0 unspecified atom stereocenters. The van der Waals surface area contributed by atoms with Crippen LogP contribution >= 0.6 is 0 Å². The first kappa shape index (κ1) is 19.5. The van der Waals surface area contributed by atoms with Crippen LogP contribution in [0.5, 0.6) is 5.75 Å². The van der Waals surface area contributed by atoms with Gasteiger partial charge in [-0.05, 0) is 37.6 Å². The highest BCUT2D eigenvalue weighted by molar-refractivity contribution is 5.99. The third-order valence-electron chi connectivity index (χ3n) is 3.85. The van der Waals surface area contributed by atoms with Crippen LogP contribution in [0.25, 0.3) is 0 Å². The van der Waals surface area contributed by atoms with Crippen LogP contribution in [0.15, 0.2) is 42.5 Å². The largest absolute Gasteiger partial charge is 0.493 e. The monoisotopic (exact) mass is 354 g/mol. The SMILES string of the molecule is CCOc1ccc(NC(=O)C(C)C)cc1C(=O)NCc1cccc(C)c1. The van der Waals surface area contributed by atoms with E-state index >= 15 is 0 Å². The minimum absolute atomic E-state index is 0.0970. The smallest absolute Gasteiger partial charge is 0.255 e. The molecule has 0 atom stereocenters. The van der Waals surface area contributed by atoms with E-state index in [-0.39, 0.29) is 17.7 Å². The molecule has 0 aliphatic rings. The molecule has 2 aromatic rings. The molecule has 2 N–H and O–H groups in total. The molecule has 0 spiro atoms. The lowest BCUT2D eigenvalue weighted by Gasteiger charge is -2.14. The normalized spacial score (nSPS) is 10.5. The number of aryl methyl sites for hydroxylation is 1. The number of hydrogen-bond acceptors (Lipinski definition) is 3. The third-order valence-corrected chi connectivity index (χ3v) is 3.85. The van der Waals surface area contributed by atoms with Gasteiger partial charge in [0.1, 0.15) is 5.75 Å². The van der Waals surface area contributed by atoms with E-state index in [1.54, 1.807) is 18.2 Å². The fraction of sp³-hybridized carbons (Fsp3) is 0.333. The molecule has 2 amide bonds. The fourth-order valence-electron chi connectivity index (χ4n) is 2.45. The highest BCUT2D eigenvalue weighted by Crippen LogP contribution is 2.23. The number of ether oxygens (including phenoxy) is 1. The summed E-state index contributed by atoms with van der Waals surface area (Å²) in [5, 5.41) is 5.73. The molecule has 0 saturated heterocycles. The van der Waals surface area contributed by atoms with Gasteiger partial charge in [-0.25, -0.2) is 0 Å². The average molecular weight is 354 g/mol. The van der Waals surface area contributed by atoms with Crippen LogP contribution in [0.1, 0.15) is 42.3 Å². The predicted molar refractivity (Wildman–Crippen MR) is 103 cm³/mol. The van der Waals surface area contributed by atoms with Gasteiger partial charge in [0.15, 0.2) is 0 Å². The van der Waals surface area contributed by atoms with Crippen LogP contribution in [0.4, 0.5) is 5.69 Å². The summed E-state index contributed by atoms with van der Waals surface area (Å²) in [6, 6.07) is 13.1. The molecule has 0 aliphatic carbocycles. The third kappa shape index (κ3) is 5.34. The van der Waals surface area contributed by atoms with E-state index in [1.807, 2.05) is 52.0 Å². The second-order valence-corrected chi connectivity index (χ2v) is 6.46. The Morgan fingerprint density at radius 1 is 1.12 bits per heavy atom. The molecule has 0 aliphatic heterocycles. The molecule has 138 valence electrons. The maximum absolute atomic E-state index is 12.7. The lowest BCUT2D eigenvalue weighted by molar-refractivity contribution is -0.118. The Hall–Kier alpha value is -2.82. The topological polar surface area (TPSA) is 67.4 Å². The van der Waals surface area contributed by atoms with Crippen LogP contribution in [-0.4, -0.2) is 18.4 Å². The zero-order valence-electron chi connectivity index (χ0n) is 15.8. The van der Waals surface area contributed by atoms with Gasteiger partial charge in [-0.1, -0.05) is 43.7 Å². The number of carbonyl (C=O) groups excluding carboxylic acids is 2. The first-order chi connectivity index (χ1) is 12.4. The molecule has 0 fully saturated rings. The van der Waals surface area contributed by atoms with E-state index < -0.39 is 0 Å². The van der Waals surface area contributed by atoms with E-state index in [1.165, 1.54) is 0 Å². The Balaban J connectivity index is 2.17. The van der Waals surface area contributed by atoms with Crippen molar-refractivity contribution in [2.75, 3.05) is 11.9 Å². The molecule has 5 heteroatoms. The highest BCUT2D eigenvalue weighted by Gasteiger charge is 2.15. The quantitative estimate of drug-likeness (QED) is 0.792. The summed E-state index contributed by atoms with van der Waals surface area (Å²) >= 11 is 0. The number of nitrogens with one attached hydrogen (secondary N) is 2. The second kappa shape index (κ2) is 9.04. The van der Waals surface area contributed by atoms with Gasteiger partial charge < -0.3 is 15.4 Å². The number of amides is 2. The standard InChI is InChI=1S/C21H26N2O3/c1-5-26-19-10-9-17(23-20(24)14(2)3)12-18(19)21(25)22-13-16-8-6-7-15(4)11-16/h6-12,14H,5,13H2,1-4H3,(H,22,25)(H,23,24). The summed E-state index contributed by atoms with van der Waals surface area (Å²) in [4.78, 5) is 24.6. The van der Waals surface area contributed by atoms with Gasteiger partial charge in [0.2, 0.25) is 5.91 Å². The molecule has 2 aromatic carbocycles. The summed E-state index contributed by atoms with van der Waals surface area (Å²) in [5.41, 5.74) is 3.15. The Bertz CT molecular complexity index is 785. The Kier molecular flexibility index (Phi) is 6.78. The van der Waals surface area contributed by atoms with Crippen molar-refractivity contribution in [1.29, 1.82) is 0 Å². The van der Waals surface area contributed by atoms with Crippen LogP contribution in [0.2, 0.25) is 0 Å². The van der Waals surface area contributed by atoms with Crippen LogP contribution in [0.3, 0.4) is 0 Å². The van der Waals surface area contributed by atoms with Crippen molar-refractivity contribution in [3.05, 3.63) is 59.2 Å². The number of benzene rings is 2. The van der Waals surface area contributed by atoms with Crippen molar-refractivity contribution in [2.24, 2.45) is 5.92 Å². The van der Waals surface area contributed by atoms with Crippen molar-refractivity contribution in [1.82, 2.24) is 5.32 Å². The van der Waals surface area contributed by atoms with E-state index in [4.69, 9.17) is 4.74 Å². The van der Waals surface area contributed by atoms with Crippen molar-refractivity contribution in [3.8, 4) is 5.75 Å². The van der Waals surface area contributed by atoms with Gasteiger partial charge in [0, 0.05) is 18.2 Å². The first-order valence-electron chi connectivity index (χ1n) is 8.82. The minimum atomic E-state index is -0.240. The average Bonchev–Trinajstić information content (AvgIpc) is 2.61. The van der Waals surface area contributed by atoms with Crippen molar-refractivity contribution >= 4 is 17.5 Å².